The Hall–Kier alpha value is -0.655. The van der Waals surface area contributed by atoms with Gasteiger partial charge in [-0.25, -0.2) is 0 Å². The van der Waals surface area contributed by atoms with Crippen molar-refractivity contribution in [1.29, 1.82) is 0 Å². The molecule has 0 aliphatic carbocycles. The average Bonchev–Trinajstić information content (AvgIpc) is 1.87. The van der Waals surface area contributed by atoms with Crippen LogP contribution in [0.25, 0.3) is 0 Å². The molecule has 0 aliphatic rings. The van der Waals surface area contributed by atoms with Crippen LogP contribution in [0.1, 0.15) is 5.69 Å². The predicted octanol–water partition coefficient (Wildman–Crippen LogP) is -0.418. The lowest BCUT2D eigenvalue weighted by Crippen LogP contribution is -1.93. The molecule has 0 unspecified atom stereocenters. The second-order valence-corrected chi connectivity index (χ2v) is 1.86. The van der Waals surface area contributed by atoms with Crippen molar-refractivity contribution >= 4 is 13.3 Å². The fraction of sp³-hybridized carbons (Fsp3) is 0.200. The van der Waals surface area contributed by atoms with E-state index in [0.717, 1.165) is 0 Å². The topological polar surface area (TPSA) is 15.8 Å². The van der Waals surface area contributed by atoms with Crippen LogP contribution in [0.5, 0.6) is 0 Å². The van der Waals surface area contributed by atoms with Gasteiger partial charge in [0.05, 0.1) is 0 Å². The van der Waals surface area contributed by atoms with E-state index in [1.54, 1.807) is 0 Å². The van der Waals surface area contributed by atoms with E-state index in [1.807, 2.05) is 13.1 Å². The summed E-state index contributed by atoms with van der Waals surface area (Å²) in [5, 5.41) is 0. The number of aromatic amines is 1. The minimum Gasteiger partial charge on any atom is -0.366 e. The Bertz CT molecular complexity index is 140. The molecule has 0 fully saturated rings. The summed E-state index contributed by atoms with van der Waals surface area (Å²) in [7, 11) is 2.07. The van der Waals surface area contributed by atoms with Gasteiger partial charge in [-0.05, 0) is 19.2 Å². The van der Waals surface area contributed by atoms with Gasteiger partial charge in [-0.3, -0.25) is 0 Å². The maximum atomic E-state index is 3.07. The Morgan fingerprint density at radius 3 is 2.57 bits per heavy atom. The minimum absolute atomic E-state index is 1.23. The summed E-state index contributed by atoms with van der Waals surface area (Å²) in [6.07, 6.45) is 2.00. The summed E-state index contributed by atoms with van der Waals surface area (Å²) in [6, 6.07) is 2.11. The van der Waals surface area contributed by atoms with Crippen molar-refractivity contribution in [3.63, 3.8) is 0 Å². The first-order chi connectivity index (χ1) is 3.29. The van der Waals surface area contributed by atoms with Gasteiger partial charge in [0.15, 0.2) is 0 Å². The molecule has 0 aromatic carbocycles. The molecule has 0 aliphatic heterocycles. The Balaban J connectivity index is 3.04. The van der Waals surface area contributed by atoms with Gasteiger partial charge in [0.2, 0.25) is 0 Å². The molecule has 1 aromatic heterocycles. The maximum absolute atomic E-state index is 3.07. The summed E-state index contributed by atoms with van der Waals surface area (Å²) in [6.45, 7) is 2.05. The van der Waals surface area contributed by atoms with Crippen LogP contribution in [0.2, 0.25) is 0 Å². The summed E-state index contributed by atoms with van der Waals surface area (Å²) < 4.78 is 0. The van der Waals surface area contributed by atoms with Crippen LogP contribution in [-0.4, -0.2) is 12.8 Å². The van der Waals surface area contributed by atoms with Crippen LogP contribution in [0.4, 0.5) is 0 Å². The normalized spacial score (nSPS) is 9.29. The highest BCUT2D eigenvalue weighted by molar-refractivity contribution is 6.32. The van der Waals surface area contributed by atoms with E-state index in [2.05, 4.69) is 18.9 Å². The lowest BCUT2D eigenvalue weighted by Gasteiger charge is -1.71. The highest BCUT2D eigenvalue weighted by Crippen LogP contribution is 1.83. The molecule has 0 atom stereocenters. The van der Waals surface area contributed by atoms with Crippen LogP contribution in [0.3, 0.4) is 0 Å². The molecule has 0 spiro atoms. The summed E-state index contributed by atoms with van der Waals surface area (Å²) in [5.74, 6) is 0. The fourth-order valence-electron chi connectivity index (χ4n) is 0.653. The molecule has 1 N–H and O–H groups in total. The number of aromatic nitrogens is 1. The molecule has 7 heavy (non-hydrogen) atoms. The first kappa shape index (κ1) is 4.50. The van der Waals surface area contributed by atoms with Crippen molar-refractivity contribution in [3.05, 3.63) is 18.0 Å². The average molecular weight is 92.9 g/mol. The van der Waals surface area contributed by atoms with Gasteiger partial charge < -0.3 is 4.98 Å². The van der Waals surface area contributed by atoms with Gasteiger partial charge in [0.1, 0.15) is 7.85 Å². The molecule has 0 saturated heterocycles. The van der Waals surface area contributed by atoms with E-state index in [1.165, 1.54) is 11.2 Å². The predicted molar refractivity (Wildman–Crippen MR) is 33.7 cm³/mol. The third kappa shape index (κ3) is 0.859. The quantitative estimate of drug-likeness (QED) is 0.419. The van der Waals surface area contributed by atoms with E-state index in [9.17, 15) is 0 Å². The zero-order valence-corrected chi connectivity index (χ0v) is 4.65. The summed E-state index contributed by atoms with van der Waals surface area (Å²) in [4.78, 5) is 3.07. The van der Waals surface area contributed by atoms with Crippen molar-refractivity contribution in [1.82, 2.24) is 4.98 Å². The van der Waals surface area contributed by atoms with Gasteiger partial charge >= 0.3 is 0 Å². The second-order valence-electron chi connectivity index (χ2n) is 1.86. The number of nitrogens with one attached hydrogen (secondary N) is 1. The number of aryl methyl sites for hydroxylation is 1. The van der Waals surface area contributed by atoms with Crippen molar-refractivity contribution in [3.8, 4) is 0 Å². The molecular weight excluding hydrogens is 84.9 g/mol. The molecule has 0 bridgehead atoms. The fourth-order valence-corrected chi connectivity index (χ4v) is 0.653. The van der Waals surface area contributed by atoms with Crippen LogP contribution in [-0.2, 0) is 0 Å². The van der Waals surface area contributed by atoms with Crippen LogP contribution >= 0.6 is 0 Å². The summed E-state index contributed by atoms with van der Waals surface area (Å²) >= 11 is 0. The zero-order valence-electron chi connectivity index (χ0n) is 4.65. The zero-order chi connectivity index (χ0) is 5.28. The van der Waals surface area contributed by atoms with E-state index in [-0.39, 0.29) is 0 Å². The first-order valence-corrected chi connectivity index (χ1v) is 2.40. The first-order valence-electron chi connectivity index (χ1n) is 2.40. The highest BCUT2D eigenvalue weighted by atomic mass is 14.7. The third-order valence-electron chi connectivity index (χ3n) is 0.972. The minimum atomic E-state index is 1.23. The smallest absolute Gasteiger partial charge is 0.141 e. The second kappa shape index (κ2) is 1.45. The Morgan fingerprint density at radius 1 is 1.71 bits per heavy atom. The van der Waals surface area contributed by atoms with Crippen molar-refractivity contribution in [2.24, 2.45) is 0 Å². The SMILES string of the molecule is Bc1c[nH]c(C)c1. The number of hydrogen-bond donors (Lipinski definition) is 1. The van der Waals surface area contributed by atoms with Crippen molar-refractivity contribution in [2.75, 3.05) is 0 Å². The van der Waals surface area contributed by atoms with Gasteiger partial charge in [-0.15, -0.1) is 0 Å². The molecule has 0 radical (unpaired) electrons. The molecule has 1 aromatic rings. The Labute approximate surface area is 44.2 Å². The van der Waals surface area contributed by atoms with Gasteiger partial charge in [-0.1, -0.05) is 5.46 Å². The molecule has 0 saturated carbocycles. The third-order valence-corrected chi connectivity index (χ3v) is 0.972. The number of hydrogen-bond acceptors (Lipinski definition) is 0. The molecular formula is C5H8BN. The molecule has 1 heterocycles. The number of rotatable bonds is 0. The van der Waals surface area contributed by atoms with Gasteiger partial charge in [-0.2, -0.15) is 0 Å². The van der Waals surface area contributed by atoms with Crippen molar-refractivity contribution < 1.29 is 0 Å². The van der Waals surface area contributed by atoms with E-state index >= 15 is 0 Å². The number of H-pyrrole nitrogens is 1. The van der Waals surface area contributed by atoms with Gasteiger partial charge in [0.25, 0.3) is 0 Å². The van der Waals surface area contributed by atoms with Crippen LogP contribution in [0, 0.1) is 6.92 Å². The standard InChI is InChI=1S/C5H8BN/c1-4-2-5(6)3-7-4/h2-3,7H,6H2,1H3. The lowest BCUT2D eigenvalue weighted by atomic mass is 10.0. The largest absolute Gasteiger partial charge is 0.366 e. The Kier molecular flexibility index (Phi) is 0.932. The van der Waals surface area contributed by atoms with E-state index < -0.39 is 0 Å². The molecule has 0 amide bonds. The monoisotopic (exact) mass is 93.1 g/mol. The molecule has 36 valence electrons. The van der Waals surface area contributed by atoms with E-state index in [0.29, 0.717) is 0 Å². The molecule has 2 heteroatoms. The summed E-state index contributed by atoms with van der Waals surface area (Å²) in [5.41, 5.74) is 2.54. The molecule has 1 rings (SSSR count). The van der Waals surface area contributed by atoms with Crippen molar-refractivity contribution in [2.45, 2.75) is 6.92 Å². The van der Waals surface area contributed by atoms with Gasteiger partial charge in [0, 0.05) is 5.69 Å². The van der Waals surface area contributed by atoms with Crippen LogP contribution in [0.15, 0.2) is 12.3 Å². The Morgan fingerprint density at radius 2 is 2.43 bits per heavy atom. The maximum Gasteiger partial charge on any atom is 0.141 e. The highest BCUT2D eigenvalue weighted by Gasteiger charge is 1.82. The van der Waals surface area contributed by atoms with Crippen LogP contribution < -0.4 is 5.46 Å². The van der Waals surface area contributed by atoms with E-state index in [4.69, 9.17) is 0 Å². The molecule has 1 nitrogen and oxygen atoms in total. The lowest BCUT2D eigenvalue weighted by molar-refractivity contribution is 1.27.